The fraction of sp³-hybridized carbons (Fsp3) is 0.304. The van der Waals surface area contributed by atoms with Gasteiger partial charge in [0.15, 0.2) is 5.76 Å². The number of rotatable bonds is 7. The summed E-state index contributed by atoms with van der Waals surface area (Å²) in [6, 6.07) is 16.5. The Hall–Kier alpha value is -3.03. The molecule has 0 atom stereocenters. The molecule has 1 N–H and O–H groups in total. The quantitative estimate of drug-likeness (QED) is 0.650. The number of hydrogen-bond donors (Lipinski definition) is 1. The first kappa shape index (κ1) is 20.3. The van der Waals surface area contributed by atoms with Crippen molar-refractivity contribution in [2.75, 3.05) is 26.2 Å². The molecule has 7 heteroatoms. The van der Waals surface area contributed by atoms with Gasteiger partial charge in [-0.15, -0.1) is 0 Å². The Balaban J connectivity index is 1.23. The number of nitrogens with zero attached hydrogens (tertiary/aromatic N) is 3. The van der Waals surface area contributed by atoms with E-state index < -0.39 is 0 Å². The van der Waals surface area contributed by atoms with Gasteiger partial charge in [0, 0.05) is 50.3 Å². The van der Waals surface area contributed by atoms with Gasteiger partial charge in [0.25, 0.3) is 0 Å². The fourth-order valence-electron chi connectivity index (χ4n) is 3.62. The van der Waals surface area contributed by atoms with E-state index in [4.69, 9.17) is 4.52 Å². The lowest BCUT2D eigenvalue weighted by molar-refractivity contribution is -0.126. The number of hydrazine groups is 1. The van der Waals surface area contributed by atoms with E-state index in [2.05, 4.69) is 39.7 Å². The maximum absolute atomic E-state index is 13.1. The van der Waals surface area contributed by atoms with E-state index in [1.165, 1.54) is 17.7 Å². The zero-order valence-electron chi connectivity index (χ0n) is 16.8. The van der Waals surface area contributed by atoms with Crippen molar-refractivity contribution in [2.24, 2.45) is 0 Å². The lowest BCUT2D eigenvalue weighted by atomic mass is 10.1. The molecule has 1 amide bonds. The predicted molar refractivity (Wildman–Crippen MR) is 112 cm³/mol. The second-order valence-corrected chi connectivity index (χ2v) is 7.47. The molecule has 0 radical (unpaired) electrons. The molecule has 30 heavy (non-hydrogen) atoms. The predicted octanol–water partition coefficient (Wildman–Crippen LogP) is 3.26. The van der Waals surface area contributed by atoms with Crippen LogP contribution in [0.4, 0.5) is 4.39 Å². The number of benzene rings is 2. The largest absolute Gasteiger partial charge is 0.356 e. The third kappa shape index (κ3) is 5.31. The van der Waals surface area contributed by atoms with Gasteiger partial charge in [-0.25, -0.2) is 9.40 Å². The average Bonchev–Trinajstić information content (AvgIpc) is 3.24. The molecule has 2 aromatic carbocycles. The number of halogens is 1. The highest BCUT2D eigenvalue weighted by Crippen LogP contribution is 2.24. The summed E-state index contributed by atoms with van der Waals surface area (Å²) < 4.78 is 18.4. The lowest BCUT2D eigenvalue weighted by Crippen LogP contribution is -2.53. The average molecular weight is 408 g/mol. The van der Waals surface area contributed by atoms with Gasteiger partial charge >= 0.3 is 0 Å². The molecule has 2 heterocycles. The van der Waals surface area contributed by atoms with E-state index in [0.717, 1.165) is 43.9 Å². The maximum atomic E-state index is 13.1. The Bertz CT molecular complexity index is 951. The molecular formula is C23H25FN4O2. The highest BCUT2D eigenvalue weighted by molar-refractivity contribution is 5.76. The van der Waals surface area contributed by atoms with Crippen LogP contribution >= 0.6 is 0 Å². The number of piperazine rings is 1. The van der Waals surface area contributed by atoms with Crippen LogP contribution in [0.3, 0.4) is 0 Å². The normalized spacial score (nSPS) is 15.2. The van der Waals surface area contributed by atoms with Crippen molar-refractivity contribution in [3.63, 3.8) is 0 Å². The fourth-order valence-corrected chi connectivity index (χ4v) is 3.62. The van der Waals surface area contributed by atoms with E-state index >= 15 is 0 Å². The Morgan fingerprint density at radius 1 is 1.03 bits per heavy atom. The minimum absolute atomic E-state index is 0.0298. The molecule has 4 rings (SSSR count). The van der Waals surface area contributed by atoms with Crippen LogP contribution in [-0.2, 0) is 17.8 Å². The van der Waals surface area contributed by atoms with Gasteiger partial charge in [-0.1, -0.05) is 35.5 Å². The van der Waals surface area contributed by atoms with Gasteiger partial charge in [-0.3, -0.25) is 15.1 Å². The van der Waals surface area contributed by atoms with Crippen molar-refractivity contribution >= 4 is 5.91 Å². The van der Waals surface area contributed by atoms with Crippen molar-refractivity contribution in [2.45, 2.75) is 19.4 Å². The first-order chi connectivity index (χ1) is 14.7. The Morgan fingerprint density at radius 3 is 2.50 bits per heavy atom. The Labute approximate surface area is 175 Å². The van der Waals surface area contributed by atoms with E-state index in [9.17, 15) is 9.18 Å². The molecule has 1 saturated heterocycles. The number of aryl methyl sites for hydroxylation is 1. The lowest BCUT2D eigenvalue weighted by Gasteiger charge is -2.34. The van der Waals surface area contributed by atoms with Crippen LogP contribution in [0.5, 0.6) is 0 Å². The van der Waals surface area contributed by atoms with E-state index in [1.54, 1.807) is 18.3 Å². The SMILES string of the molecule is O=C(CCc1cnoc1-c1ccc(F)cc1)NN1CCN(Cc2ccccc2)CC1. The van der Waals surface area contributed by atoms with Crippen molar-refractivity contribution in [1.82, 2.24) is 20.5 Å². The van der Waals surface area contributed by atoms with Gasteiger partial charge < -0.3 is 4.52 Å². The van der Waals surface area contributed by atoms with Crippen LogP contribution < -0.4 is 5.43 Å². The number of carbonyl (C=O) groups is 1. The molecule has 0 bridgehead atoms. The number of carbonyl (C=O) groups excluding carboxylic acids is 1. The summed E-state index contributed by atoms with van der Waals surface area (Å²) in [5.41, 5.74) is 5.89. The van der Waals surface area contributed by atoms with Crippen molar-refractivity contribution in [3.05, 3.63) is 77.7 Å². The second kappa shape index (κ2) is 9.65. The van der Waals surface area contributed by atoms with Crippen LogP contribution in [0.15, 0.2) is 65.3 Å². The standard InChI is InChI=1S/C23H25FN4O2/c24-21-9-6-19(7-10-21)23-20(16-25-30-23)8-11-22(29)26-28-14-12-27(13-15-28)17-18-4-2-1-3-5-18/h1-7,9-10,16H,8,11-15,17H2,(H,26,29). The smallest absolute Gasteiger partial charge is 0.234 e. The summed E-state index contributed by atoms with van der Waals surface area (Å²) in [7, 11) is 0. The van der Waals surface area contributed by atoms with Gasteiger partial charge in [-0.05, 0) is 36.2 Å². The van der Waals surface area contributed by atoms with Crippen LogP contribution in [0.1, 0.15) is 17.5 Å². The number of aromatic nitrogens is 1. The highest BCUT2D eigenvalue weighted by Gasteiger charge is 2.19. The number of amides is 1. The van der Waals surface area contributed by atoms with Gasteiger partial charge in [0.1, 0.15) is 5.82 Å². The molecule has 3 aromatic rings. The van der Waals surface area contributed by atoms with Gasteiger partial charge in [0.2, 0.25) is 5.91 Å². The summed E-state index contributed by atoms with van der Waals surface area (Å²) in [4.78, 5) is 14.8. The molecule has 0 aliphatic carbocycles. The van der Waals surface area contributed by atoms with E-state index in [1.807, 2.05) is 11.1 Å². The zero-order valence-corrected chi connectivity index (χ0v) is 16.8. The number of nitrogens with one attached hydrogen (secondary N) is 1. The maximum Gasteiger partial charge on any atom is 0.234 e. The number of hydrogen-bond acceptors (Lipinski definition) is 5. The van der Waals surface area contributed by atoms with Gasteiger partial charge in [0.05, 0.1) is 6.20 Å². The molecule has 1 aliphatic rings. The van der Waals surface area contributed by atoms with Crippen LogP contribution in [0.2, 0.25) is 0 Å². The first-order valence-electron chi connectivity index (χ1n) is 10.2. The zero-order chi connectivity index (χ0) is 20.8. The molecule has 6 nitrogen and oxygen atoms in total. The molecular weight excluding hydrogens is 383 g/mol. The summed E-state index contributed by atoms with van der Waals surface area (Å²) >= 11 is 0. The highest BCUT2D eigenvalue weighted by atomic mass is 19.1. The molecule has 156 valence electrons. The van der Waals surface area contributed by atoms with Crippen LogP contribution in [0.25, 0.3) is 11.3 Å². The second-order valence-electron chi connectivity index (χ2n) is 7.47. The van der Waals surface area contributed by atoms with Crippen molar-refractivity contribution in [3.8, 4) is 11.3 Å². The van der Waals surface area contributed by atoms with Crippen LogP contribution in [-0.4, -0.2) is 47.2 Å². The minimum atomic E-state index is -0.303. The Morgan fingerprint density at radius 2 is 1.77 bits per heavy atom. The first-order valence-corrected chi connectivity index (χ1v) is 10.2. The van der Waals surface area contributed by atoms with Crippen molar-refractivity contribution < 1.29 is 13.7 Å². The minimum Gasteiger partial charge on any atom is -0.356 e. The van der Waals surface area contributed by atoms with Crippen LogP contribution in [0, 0.1) is 5.82 Å². The summed E-state index contributed by atoms with van der Waals surface area (Å²) in [5, 5.41) is 5.83. The molecule has 1 aromatic heterocycles. The third-order valence-electron chi connectivity index (χ3n) is 5.28. The Kier molecular flexibility index (Phi) is 6.51. The molecule has 0 saturated carbocycles. The molecule has 0 unspecified atom stereocenters. The van der Waals surface area contributed by atoms with E-state index in [0.29, 0.717) is 18.6 Å². The van der Waals surface area contributed by atoms with Crippen molar-refractivity contribution in [1.29, 1.82) is 0 Å². The summed E-state index contributed by atoms with van der Waals surface area (Å²) in [5.74, 6) is 0.248. The van der Waals surface area contributed by atoms with Gasteiger partial charge in [-0.2, -0.15) is 0 Å². The topological polar surface area (TPSA) is 61.6 Å². The van der Waals surface area contributed by atoms with E-state index in [-0.39, 0.29) is 11.7 Å². The summed E-state index contributed by atoms with van der Waals surface area (Å²) in [6.45, 7) is 4.35. The third-order valence-corrected chi connectivity index (χ3v) is 5.28. The summed E-state index contributed by atoms with van der Waals surface area (Å²) in [6.07, 6.45) is 2.46. The monoisotopic (exact) mass is 408 g/mol. The molecule has 1 fully saturated rings. The molecule has 0 spiro atoms. The molecule has 1 aliphatic heterocycles.